The zero-order valence-corrected chi connectivity index (χ0v) is 47.6. The van der Waals surface area contributed by atoms with Crippen molar-refractivity contribution in [3.8, 4) is 0 Å². The molecule has 0 spiro atoms. The van der Waals surface area contributed by atoms with Crippen molar-refractivity contribution in [1.82, 2.24) is 29.9 Å². The smallest absolute Gasteiger partial charge is 0.369 e. The van der Waals surface area contributed by atoms with E-state index in [-0.39, 0.29) is 0 Å². The summed E-state index contributed by atoms with van der Waals surface area (Å²) >= 11 is 12.5. The van der Waals surface area contributed by atoms with Crippen LogP contribution < -0.4 is 30.7 Å². The number of halogens is 5. The highest BCUT2D eigenvalue weighted by Crippen LogP contribution is 2.33. The van der Waals surface area contributed by atoms with Crippen molar-refractivity contribution in [1.29, 1.82) is 0 Å². The van der Waals surface area contributed by atoms with E-state index in [1.165, 1.54) is 54.5 Å². The Morgan fingerprint density at radius 1 is 0.422 bits per heavy atom. The van der Waals surface area contributed by atoms with Gasteiger partial charge in [0.15, 0.2) is 0 Å². The first-order valence-corrected chi connectivity index (χ1v) is 29.3. The van der Waals surface area contributed by atoms with Crippen LogP contribution in [0.1, 0.15) is 71.9 Å². The van der Waals surface area contributed by atoms with Gasteiger partial charge < -0.3 is 30.7 Å². The monoisotopic (exact) mass is 1150 g/mol. The Balaban J connectivity index is 0.000000131. The highest BCUT2D eigenvalue weighted by Gasteiger charge is 2.30. The largest absolute Gasteiger partial charge is 0.416 e. The number of aromatic nitrogens is 6. The van der Waals surface area contributed by atoms with Crippen LogP contribution in [0.3, 0.4) is 0 Å². The molecule has 3 aliphatic heterocycles. The summed E-state index contributed by atoms with van der Waals surface area (Å²) < 4.78 is 38.1. The molecular formula is C66H65Cl2F3N12. The third-order valence-electron chi connectivity index (χ3n) is 15.2. The Hall–Kier alpha value is -8.27. The molecule has 83 heavy (non-hydrogen) atoms. The van der Waals surface area contributed by atoms with Crippen molar-refractivity contribution in [2.45, 2.75) is 77.2 Å². The van der Waals surface area contributed by atoms with Crippen molar-refractivity contribution in [2.24, 2.45) is 0 Å². The van der Waals surface area contributed by atoms with E-state index in [4.69, 9.17) is 53.1 Å². The van der Waals surface area contributed by atoms with Crippen LogP contribution in [0, 0.1) is 0 Å². The molecule has 3 aliphatic rings. The number of nitrogens with zero attached hydrogens (tertiary/aromatic N) is 9. The third kappa shape index (κ3) is 14.5. The molecule has 6 heterocycles. The van der Waals surface area contributed by atoms with E-state index in [0.29, 0.717) is 31.1 Å². The number of alkyl halides is 3. The van der Waals surface area contributed by atoms with Crippen molar-refractivity contribution >= 4 is 91.2 Å². The quantitative estimate of drug-likeness (QED) is 0.102. The van der Waals surface area contributed by atoms with Gasteiger partial charge >= 0.3 is 6.18 Å². The number of hydrogen-bond donors (Lipinski definition) is 3. The molecule has 0 radical (unpaired) electrons. The van der Waals surface area contributed by atoms with Crippen LogP contribution in [0.2, 0.25) is 10.0 Å². The zero-order chi connectivity index (χ0) is 57.0. The summed E-state index contributed by atoms with van der Waals surface area (Å²) in [7, 11) is 0. The van der Waals surface area contributed by atoms with Gasteiger partial charge in [-0.05, 0) is 140 Å². The lowest BCUT2D eigenvalue weighted by molar-refractivity contribution is -0.137. The second kappa shape index (κ2) is 26.8. The molecule has 2 saturated heterocycles. The number of benzene rings is 7. The molecule has 0 aliphatic carbocycles. The van der Waals surface area contributed by atoms with Gasteiger partial charge in [0.2, 0.25) is 17.8 Å². The highest BCUT2D eigenvalue weighted by molar-refractivity contribution is 6.36. The van der Waals surface area contributed by atoms with E-state index in [2.05, 4.69) is 73.1 Å². The number of piperidine rings is 2. The van der Waals surface area contributed by atoms with Gasteiger partial charge in [-0.15, -0.1) is 0 Å². The molecule has 0 saturated carbocycles. The second-order valence-electron chi connectivity index (χ2n) is 21.0. The van der Waals surface area contributed by atoms with Crippen LogP contribution in [0.25, 0.3) is 32.7 Å². The maximum atomic E-state index is 12.7. The van der Waals surface area contributed by atoms with Gasteiger partial charge in [-0.1, -0.05) is 132 Å². The topological polar surface area (TPSA) is 123 Å². The molecule has 0 unspecified atom stereocenters. The van der Waals surface area contributed by atoms with Gasteiger partial charge in [0.25, 0.3) is 0 Å². The minimum Gasteiger partial charge on any atom is -0.369 e. The molecular weight excluding hydrogens is 1090 g/mol. The Bertz CT molecular complexity index is 3770. The van der Waals surface area contributed by atoms with Crippen LogP contribution in [0.15, 0.2) is 170 Å². The van der Waals surface area contributed by atoms with Crippen LogP contribution in [0.5, 0.6) is 0 Å². The summed E-state index contributed by atoms with van der Waals surface area (Å²) in [6, 6.07) is 54.0. The van der Waals surface area contributed by atoms with Crippen LogP contribution >= 0.6 is 23.2 Å². The summed E-state index contributed by atoms with van der Waals surface area (Å²) in [6.07, 6.45) is 4.53. The first kappa shape index (κ1) is 56.6. The van der Waals surface area contributed by atoms with E-state index in [1.54, 1.807) is 0 Å². The first-order valence-electron chi connectivity index (χ1n) is 28.6. The Labute approximate surface area is 492 Å². The molecule has 2 fully saturated rings. The van der Waals surface area contributed by atoms with Gasteiger partial charge in [0.1, 0.15) is 17.5 Å². The fourth-order valence-corrected chi connectivity index (χ4v) is 11.1. The molecule has 424 valence electrons. The molecule has 12 nitrogen and oxygen atoms in total. The minimum atomic E-state index is -4.30. The van der Waals surface area contributed by atoms with Gasteiger partial charge in [-0.2, -0.15) is 28.1 Å². The van der Waals surface area contributed by atoms with E-state index >= 15 is 0 Å². The van der Waals surface area contributed by atoms with Gasteiger partial charge in [0, 0.05) is 74.7 Å². The van der Waals surface area contributed by atoms with Crippen molar-refractivity contribution in [3.63, 3.8) is 0 Å². The Kier molecular flexibility index (Phi) is 18.2. The number of rotatable bonds is 13. The van der Waals surface area contributed by atoms with E-state index < -0.39 is 11.7 Å². The van der Waals surface area contributed by atoms with Crippen LogP contribution in [0.4, 0.5) is 48.5 Å². The van der Waals surface area contributed by atoms with Gasteiger partial charge in [0.05, 0.1) is 32.5 Å². The van der Waals surface area contributed by atoms with E-state index in [0.717, 1.165) is 155 Å². The molecule has 13 rings (SSSR count). The predicted molar refractivity (Wildman–Crippen MR) is 333 cm³/mol. The van der Waals surface area contributed by atoms with E-state index in [1.807, 2.05) is 103 Å². The number of anilines is 6. The fraction of sp³-hybridized carbons (Fsp3) is 0.273. The van der Waals surface area contributed by atoms with Crippen LogP contribution in [-0.4, -0.2) is 69.2 Å². The van der Waals surface area contributed by atoms with E-state index in [9.17, 15) is 13.2 Å². The highest BCUT2D eigenvalue weighted by atomic mass is 35.5. The Morgan fingerprint density at radius 2 is 0.916 bits per heavy atom. The fourth-order valence-electron chi connectivity index (χ4n) is 10.7. The summed E-state index contributed by atoms with van der Waals surface area (Å²) in [5.74, 6) is 4.74. The zero-order valence-electron chi connectivity index (χ0n) is 46.1. The number of hydrogen-bond acceptors (Lipinski definition) is 12. The molecule has 7 aromatic carbocycles. The summed E-state index contributed by atoms with van der Waals surface area (Å²) in [6.45, 7) is 7.68. The predicted octanol–water partition coefficient (Wildman–Crippen LogP) is 15.6. The number of fused-ring (bicyclic) bond motifs is 4. The molecule has 0 amide bonds. The lowest BCUT2D eigenvalue weighted by Gasteiger charge is -2.29. The summed E-state index contributed by atoms with van der Waals surface area (Å²) in [4.78, 5) is 35.6. The average molecular weight is 1150 g/mol. The maximum absolute atomic E-state index is 12.7. The molecule has 17 heteroatoms. The number of para-hydroxylation sites is 2. The maximum Gasteiger partial charge on any atom is 0.416 e. The second-order valence-corrected chi connectivity index (χ2v) is 21.9. The first-order chi connectivity index (χ1) is 40.6. The normalized spacial score (nSPS) is 14.3. The van der Waals surface area contributed by atoms with Crippen LogP contribution in [-0.2, 0) is 38.7 Å². The molecule has 10 aromatic rings. The number of nitrogens with one attached hydrogen (secondary N) is 3. The molecule has 3 N–H and O–H groups in total. The summed E-state index contributed by atoms with van der Waals surface area (Å²) in [5.41, 5.74) is 8.10. The Morgan fingerprint density at radius 3 is 1.54 bits per heavy atom. The van der Waals surface area contributed by atoms with Crippen molar-refractivity contribution < 1.29 is 13.2 Å². The lowest BCUT2D eigenvalue weighted by Crippen LogP contribution is -2.31. The van der Waals surface area contributed by atoms with Crippen molar-refractivity contribution in [2.75, 3.05) is 69.9 Å². The molecule has 3 aromatic heterocycles. The molecule has 0 bridgehead atoms. The van der Waals surface area contributed by atoms with Crippen molar-refractivity contribution in [3.05, 3.63) is 213 Å². The standard InChI is InChI=1S/C24H21ClN4.C22H23F3N4.C20H21ClN4/c25-20-11-9-17(10-12-20)15-26-23-21-7-3-4-8-22(21)27-24(28-23)29-14-13-18-5-1-2-6-19(18)16-29;23-22(24,25)17-10-8-16(9-11-17)12-13-26-20-18-6-2-3-7-19(18)27-21(28-20)29-14-4-1-5-15-29;21-16-10-7-11-17-18(16)19(22-14-15-8-3-1-4-9-15)24-20(23-17)25-12-5-2-6-13-25/h1-12H,13-16H2,(H,26,27,28);2-3,6-11H,1,4-5,12-15H2,(H,26,27,28);1,3-4,7-11H,2,5-6,12-14H2,(H,22,23,24). The third-order valence-corrected chi connectivity index (χ3v) is 15.8. The van der Waals surface area contributed by atoms with Gasteiger partial charge in [-0.25, -0.2) is 15.0 Å². The average Bonchev–Trinajstić information content (AvgIpc) is 3.72. The molecule has 0 atom stereocenters. The SMILES string of the molecule is Clc1ccc(CNc2nc(N3CCc4ccccc4C3)nc3ccccc23)cc1.Clc1cccc2nc(N3CCCCC3)nc(NCc3ccccc3)c12.FC(F)(F)c1ccc(CCNc2nc(N3CCCCC3)nc3ccccc23)cc1. The lowest BCUT2D eigenvalue weighted by atomic mass is 10.0. The minimum absolute atomic E-state index is 0.575. The summed E-state index contributed by atoms with van der Waals surface area (Å²) in [5, 5.41) is 14.6. The van der Waals surface area contributed by atoms with Gasteiger partial charge in [-0.3, -0.25) is 0 Å².